The molecule has 1 rings (SSSR count). The van der Waals surface area contributed by atoms with Gasteiger partial charge in [0.15, 0.2) is 6.61 Å². The first-order valence-electron chi connectivity index (χ1n) is 7.28. The van der Waals surface area contributed by atoms with Gasteiger partial charge >= 0.3 is 0 Å². The zero-order chi connectivity index (χ0) is 16.0. The van der Waals surface area contributed by atoms with Gasteiger partial charge in [-0.05, 0) is 38.3 Å². The first-order chi connectivity index (χ1) is 9.86. The molecule has 2 N–H and O–H groups in total. The van der Waals surface area contributed by atoms with Crippen molar-refractivity contribution in [1.82, 2.24) is 4.90 Å². The van der Waals surface area contributed by atoms with Crippen molar-refractivity contribution < 1.29 is 9.53 Å². The van der Waals surface area contributed by atoms with E-state index in [0.717, 1.165) is 12.0 Å². The number of nitrogens with zero attached hydrogens (tertiary/aromatic N) is 1. The molecule has 0 aliphatic rings. The Morgan fingerprint density at radius 3 is 2.67 bits per heavy atom. The molecule has 1 atom stereocenters. The fraction of sp³-hybridized carbons (Fsp3) is 0.562. The van der Waals surface area contributed by atoms with Gasteiger partial charge in [-0.2, -0.15) is 0 Å². The second kappa shape index (κ2) is 8.25. The standard InChI is InChI=1S/C16H25ClN2O2/c1-5-13(18)9-12-7-6-8-14(17)16(12)21-10-15(20)19(4)11(2)3/h6-8,11,13H,5,9-10,18H2,1-4H3. The first-order valence-corrected chi connectivity index (χ1v) is 7.66. The molecule has 0 heterocycles. The lowest BCUT2D eigenvalue weighted by molar-refractivity contribution is -0.133. The minimum Gasteiger partial charge on any atom is -0.482 e. The van der Waals surface area contributed by atoms with Gasteiger partial charge in [-0.15, -0.1) is 0 Å². The minimum atomic E-state index is -0.0735. The molecule has 0 radical (unpaired) electrons. The molecular weight excluding hydrogens is 288 g/mol. The lowest BCUT2D eigenvalue weighted by Gasteiger charge is -2.22. The molecule has 0 spiro atoms. The van der Waals surface area contributed by atoms with Crippen LogP contribution in [-0.4, -0.2) is 36.5 Å². The molecule has 1 aromatic carbocycles. The van der Waals surface area contributed by atoms with Gasteiger partial charge in [0.1, 0.15) is 5.75 Å². The lowest BCUT2D eigenvalue weighted by atomic mass is 10.0. The Morgan fingerprint density at radius 1 is 1.43 bits per heavy atom. The molecule has 1 aromatic rings. The van der Waals surface area contributed by atoms with Gasteiger partial charge in [0, 0.05) is 19.1 Å². The molecule has 4 nitrogen and oxygen atoms in total. The van der Waals surface area contributed by atoms with E-state index in [9.17, 15) is 4.79 Å². The number of halogens is 1. The maximum atomic E-state index is 12.0. The largest absolute Gasteiger partial charge is 0.482 e. The smallest absolute Gasteiger partial charge is 0.260 e. The molecule has 1 unspecified atom stereocenters. The first kappa shape index (κ1) is 17.8. The fourth-order valence-electron chi connectivity index (χ4n) is 1.83. The van der Waals surface area contributed by atoms with Crippen LogP contribution in [0.3, 0.4) is 0 Å². The molecule has 0 aliphatic carbocycles. The summed E-state index contributed by atoms with van der Waals surface area (Å²) < 4.78 is 5.67. The van der Waals surface area contributed by atoms with Crippen molar-refractivity contribution in [1.29, 1.82) is 0 Å². The molecule has 21 heavy (non-hydrogen) atoms. The van der Waals surface area contributed by atoms with Crippen molar-refractivity contribution in [3.63, 3.8) is 0 Å². The Balaban J connectivity index is 2.80. The van der Waals surface area contributed by atoms with Gasteiger partial charge in [-0.25, -0.2) is 0 Å². The number of carbonyl (C=O) groups is 1. The van der Waals surface area contributed by atoms with E-state index in [0.29, 0.717) is 17.2 Å². The summed E-state index contributed by atoms with van der Waals surface area (Å²) in [5, 5.41) is 0.510. The van der Waals surface area contributed by atoms with Crippen LogP contribution in [0.2, 0.25) is 5.02 Å². The predicted molar refractivity (Wildman–Crippen MR) is 86.8 cm³/mol. The molecule has 118 valence electrons. The van der Waals surface area contributed by atoms with Crippen molar-refractivity contribution in [2.24, 2.45) is 5.73 Å². The molecule has 0 fully saturated rings. The van der Waals surface area contributed by atoms with Gasteiger partial charge in [0.25, 0.3) is 5.91 Å². The van der Waals surface area contributed by atoms with Crippen molar-refractivity contribution >= 4 is 17.5 Å². The Morgan fingerprint density at radius 2 is 2.10 bits per heavy atom. The highest BCUT2D eigenvalue weighted by atomic mass is 35.5. The van der Waals surface area contributed by atoms with Gasteiger partial charge < -0.3 is 15.4 Å². The van der Waals surface area contributed by atoms with E-state index < -0.39 is 0 Å². The lowest BCUT2D eigenvalue weighted by Crippen LogP contribution is -2.36. The summed E-state index contributed by atoms with van der Waals surface area (Å²) in [6.07, 6.45) is 1.56. The highest BCUT2D eigenvalue weighted by Gasteiger charge is 2.16. The molecule has 5 heteroatoms. The highest BCUT2D eigenvalue weighted by molar-refractivity contribution is 6.32. The number of ether oxygens (including phenoxy) is 1. The van der Waals surface area contributed by atoms with Crippen LogP contribution in [0.1, 0.15) is 32.8 Å². The zero-order valence-corrected chi connectivity index (χ0v) is 14.0. The van der Waals surface area contributed by atoms with Crippen LogP contribution < -0.4 is 10.5 Å². The normalized spacial score (nSPS) is 12.3. The van der Waals surface area contributed by atoms with Gasteiger partial charge in [-0.3, -0.25) is 4.79 Å². The summed E-state index contributed by atoms with van der Waals surface area (Å²) in [4.78, 5) is 13.6. The summed E-state index contributed by atoms with van der Waals surface area (Å²) in [5.41, 5.74) is 6.94. The van der Waals surface area contributed by atoms with E-state index >= 15 is 0 Å². The van der Waals surface area contributed by atoms with Crippen LogP contribution in [0, 0.1) is 0 Å². The van der Waals surface area contributed by atoms with Crippen LogP contribution in [0.15, 0.2) is 18.2 Å². The topological polar surface area (TPSA) is 55.6 Å². The highest BCUT2D eigenvalue weighted by Crippen LogP contribution is 2.29. The van der Waals surface area contributed by atoms with E-state index in [2.05, 4.69) is 0 Å². The third-order valence-corrected chi connectivity index (χ3v) is 3.86. The van der Waals surface area contributed by atoms with E-state index in [1.54, 1.807) is 18.0 Å². The number of benzene rings is 1. The average molecular weight is 313 g/mol. The maximum absolute atomic E-state index is 12.0. The minimum absolute atomic E-state index is 0.0211. The summed E-state index contributed by atoms with van der Waals surface area (Å²) in [6.45, 7) is 5.93. The zero-order valence-electron chi connectivity index (χ0n) is 13.2. The predicted octanol–water partition coefficient (Wildman–Crippen LogP) is 2.87. The van der Waals surface area contributed by atoms with E-state index in [-0.39, 0.29) is 24.6 Å². The number of nitrogens with two attached hydrogens (primary N) is 1. The van der Waals surface area contributed by atoms with Crippen molar-refractivity contribution in [2.45, 2.75) is 45.7 Å². The molecule has 0 saturated carbocycles. The third kappa shape index (κ3) is 5.21. The molecule has 1 amide bonds. The maximum Gasteiger partial charge on any atom is 0.260 e. The van der Waals surface area contributed by atoms with E-state index in [1.807, 2.05) is 32.9 Å². The molecule has 0 saturated heterocycles. The van der Waals surface area contributed by atoms with Crippen LogP contribution in [-0.2, 0) is 11.2 Å². The number of likely N-dealkylation sites (N-methyl/N-ethyl adjacent to an activating group) is 1. The van der Waals surface area contributed by atoms with E-state index in [4.69, 9.17) is 22.1 Å². The van der Waals surface area contributed by atoms with Gasteiger partial charge in [0.05, 0.1) is 5.02 Å². The summed E-state index contributed by atoms with van der Waals surface area (Å²) in [5.74, 6) is 0.490. The number of amides is 1. The molecular formula is C16H25ClN2O2. The SMILES string of the molecule is CCC(N)Cc1cccc(Cl)c1OCC(=O)N(C)C(C)C. The number of rotatable bonds is 7. The number of hydrogen-bond donors (Lipinski definition) is 1. The second-order valence-corrected chi connectivity index (χ2v) is 5.89. The van der Waals surface area contributed by atoms with Gasteiger partial charge in [-0.1, -0.05) is 30.7 Å². The fourth-order valence-corrected chi connectivity index (χ4v) is 2.08. The summed E-state index contributed by atoms with van der Waals surface area (Å²) in [6, 6.07) is 5.76. The Labute approximate surface area is 132 Å². The van der Waals surface area contributed by atoms with Crippen LogP contribution in [0.4, 0.5) is 0 Å². The Hall–Kier alpha value is -1.26. The Bertz CT molecular complexity index is 477. The molecule has 0 aliphatic heterocycles. The van der Waals surface area contributed by atoms with Crippen molar-refractivity contribution in [3.8, 4) is 5.75 Å². The summed E-state index contributed by atoms with van der Waals surface area (Å²) in [7, 11) is 1.76. The quantitative estimate of drug-likeness (QED) is 0.842. The van der Waals surface area contributed by atoms with Crippen molar-refractivity contribution in [3.05, 3.63) is 28.8 Å². The van der Waals surface area contributed by atoms with Crippen LogP contribution >= 0.6 is 11.6 Å². The van der Waals surface area contributed by atoms with Crippen LogP contribution in [0.5, 0.6) is 5.75 Å². The second-order valence-electron chi connectivity index (χ2n) is 5.49. The van der Waals surface area contributed by atoms with Crippen LogP contribution in [0.25, 0.3) is 0 Å². The monoisotopic (exact) mass is 312 g/mol. The number of hydrogen-bond acceptors (Lipinski definition) is 3. The van der Waals surface area contributed by atoms with Crippen molar-refractivity contribution in [2.75, 3.05) is 13.7 Å². The van der Waals surface area contributed by atoms with E-state index in [1.165, 1.54) is 0 Å². The number of para-hydroxylation sites is 1. The molecule has 0 bridgehead atoms. The number of carbonyl (C=O) groups excluding carboxylic acids is 1. The average Bonchev–Trinajstić information content (AvgIpc) is 2.45. The third-order valence-electron chi connectivity index (χ3n) is 3.56. The molecule has 0 aromatic heterocycles. The van der Waals surface area contributed by atoms with Gasteiger partial charge in [0.2, 0.25) is 0 Å². The Kier molecular flexibility index (Phi) is 6.99. The summed E-state index contributed by atoms with van der Waals surface area (Å²) >= 11 is 6.19.